The molecule has 1 amide bonds. The molecule has 6 nitrogen and oxygen atoms in total. The van der Waals surface area contributed by atoms with Gasteiger partial charge in [-0.25, -0.2) is 8.42 Å². The second-order valence-corrected chi connectivity index (χ2v) is 10.2. The summed E-state index contributed by atoms with van der Waals surface area (Å²) < 4.78 is 30.0. The van der Waals surface area contributed by atoms with Crippen molar-refractivity contribution in [3.63, 3.8) is 0 Å². The second-order valence-electron chi connectivity index (χ2n) is 8.21. The molecule has 7 heteroatoms. The minimum absolute atomic E-state index is 0.136. The van der Waals surface area contributed by atoms with Crippen molar-refractivity contribution in [3.05, 3.63) is 65.4 Å². The zero-order valence-corrected chi connectivity index (χ0v) is 17.7. The van der Waals surface area contributed by atoms with E-state index in [2.05, 4.69) is 23.2 Å². The zero-order valence-electron chi connectivity index (χ0n) is 16.8. The minimum Gasteiger partial charge on any atom is -0.368 e. The van der Waals surface area contributed by atoms with E-state index in [1.54, 1.807) is 17.0 Å². The number of nitrogens with one attached hydrogen (secondary N) is 1. The number of ether oxygens (including phenoxy) is 1. The summed E-state index contributed by atoms with van der Waals surface area (Å²) in [4.78, 5) is 18.6. The van der Waals surface area contributed by atoms with Gasteiger partial charge in [-0.2, -0.15) is 0 Å². The van der Waals surface area contributed by atoms with Gasteiger partial charge in [-0.15, -0.1) is 0 Å². The molecular formula is C23H24N2O4S. The van der Waals surface area contributed by atoms with Crippen LogP contribution in [-0.4, -0.2) is 50.2 Å². The van der Waals surface area contributed by atoms with Gasteiger partial charge in [0, 0.05) is 35.8 Å². The first-order valence-corrected chi connectivity index (χ1v) is 12.1. The number of aromatic nitrogens is 1. The third-order valence-corrected chi connectivity index (χ3v) is 7.48. The highest BCUT2D eigenvalue weighted by molar-refractivity contribution is 7.90. The number of H-pyrrole nitrogens is 1. The van der Waals surface area contributed by atoms with Gasteiger partial charge in [0.25, 0.3) is 5.91 Å². The minimum atomic E-state index is -3.35. The van der Waals surface area contributed by atoms with Gasteiger partial charge in [-0.1, -0.05) is 24.3 Å². The SMILES string of the molecule is CS(=O)(=O)c1cccc(C(=O)N2CCC3(CC2)OCCc2c3[nH]c3ccccc23)c1. The largest absolute Gasteiger partial charge is 0.368 e. The Morgan fingerprint density at radius 1 is 1.10 bits per heavy atom. The van der Waals surface area contributed by atoms with Crippen LogP contribution in [0.1, 0.15) is 34.5 Å². The fourth-order valence-corrected chi connectivity index (χ4v) is 5.44. The number of rotatable bonds is 2. The first kappa shape index (κ1) is 19.3. The summed E-state index contributed by atoms with van der Waals surface area (Å²) in [6, 6.07) is 14.6. The van der Waals surface area contributed by atoms with Crippen molar-refractivity contribution in [1.29, 1.82) is 0 Å². The van der Waals surface area contributed by atoms with Gasteiger partial charge in [0.05, 0.1) is 17.2 Å². The highest BCUT2D eigenvalue weighted by atomic mass is 32.2. The van der Waals surface area contributed by atoms with Gasteiger partial charge in [0.2, 0.25) is 0 Å². The molecule has 30 heavy (non-hydrogen) atoms. The van der Waals surface area contributed by atoms with Crippen LogP contribution in [0.4, 0.5) is 0 Å². The Morgan fingerprint density at radius 3 is 2.63 bits per heavy atom. The molecule has 0 radical (unpaired) electrons. The van der Waals surface area contributed by atoms with E-state index in [0.717, 1.165) is 23.9 Å². The lowest BCUT2D eigenvalue weighted by Gasteiger charge is -2.43. The molecule has 0 atom stereocenters. The quantitative estimate of drug-likeness (QED) is 0.685. The van der Waals surface area contributed by atoms with Crippen LogP contribution in [0.2, 0.25) is 0 Å². The molecule has 5 rings (SSSR count). The number of carbonyl (C=O) groups excluding carboxylic acids is 1. The van der Waals surface area contributed by atoms with E-state index in [1.807, 2.05) is 6.07 Å². The number of benzene rings is 2. The summed E-state index contributed by atoms with van der Waals surface area (Å²) in [5.41, 5.74) is 3.63. The third-order valence-electron chi connectivity index (χ3n) is 6.37. The summed E-state index contributed by atoms with van der Waals surface area (Å²) in [5, 5.41) is 1.26. The maximum absolute atomic E-state index is 13.0. The fraction of sp³-hybridized carbons (Fsp3) is 0.348. The normalized spacial score (nSPS) is 18.5. The van der Waals surface area contributed by atoms with E-state index in [1.165, 1.54) is 23.1 Å². The number of sulfone groups is 1. The molecule has 2 aliphatic rings. The second kappa shape index (κ2) is 6.96. The van der Waals surface area contributed by atoms with Crippen molar-refractivity contribution < 1.29 is 17.9 Å². The van der Waals surface area contributed by atoms with Gasteiger partial charge in [-0.05, 0) is 49.1 Å². The Balaban J connectivity index is 1.39. The molecule has 0 aliphatic carbocycles. The number of fused-ring (bicyclic) bond motifs is 4. The van der Waals surface area contributed by atoms with Gasteiger partial charge >= 0.3 is 0 Å². The number of hydrogen-bond acceptors (Lipinski definition) is 4. The van der Waals surface area contributed by atoms with Crippen molar-refractivity contribution in [1.82, 2.24) is 9.88 Å². The van der Waals surface area contributed by atoms with Crippen molar-refractivity contribution in [2.75, 3.05) is 26.0 Å². The van der Waals surface area contributed by atoms with E-state index < -0.39 is 15.4 Å². The van der Waals surface area contributed by atoms with Gasteiger partial charge in [-0.3, -0.25) is 4.79 Å². The van der Waals surface area contributed by atoms with Gasteiger partial charge in [0.1, 0.15) is 5.60 Å². The van der Waals surface area contributed by atoms with Crippen LogP contribution < -0.4 is 0 Å². The lowest BCUT2D eigenvalue weighted by atomic mass is 9.83. The van der Waals surface area contributed by atoms with Crippen LogP contribution in [0.3, 0.4) is 0 Å². The molecule has 0 saturated carbocycles. The molecule has 1 fully saturated rings. The summed E-state index contributed by atoms with van der Waals surface area (Å²) in [6.45, 7) is 1.81. The average molecular weight is 425 g/mol. The molecule has 3 aromatic rings. The van der Waals surface area contributed by atoms with E-state index in [4.69, 9.17) is 4.74 Å². The summed E-state index contributed by atoms with van der Waals surface area (Å²) in [5.74, 6) is -0.136. The standard InChI is InChI=1S/C23H24N2O4S/c1-30(27,28)17-6-4-5-16(15-17)22(26)25-12-10-23(11-13-25)21-19(9-14-29-23)18-7-2-3-8-20(18)24-21/h2-8,15,24H,9-14H2,1H3. The summed E-state index contributed by atoms with van der Waals surface area (Å²) in [7, 11) is -3.35. The Kier molecular flexibility index (Phi) is 4.48. The molecule has 2 aromatic carbocycles. The highest BCUT2D eigenvalue weighted by Gasteiger charge is 2.43. The number of nitrogens with zero attached hydrogens (tertiary/aromatic N) is 1. The third kappa shape index (κ3) is 3.13. The lowest BCUT2D eigenvalue weighted by Crippen LogP contribution is -2.48. The molecule has 0 unspecified atom stereocenters. The van der Waals surface area contributed by atoms with Crippen LogP contribution in [0.5, 0.6) is 0 Å². The molecule has 0 bridgehead atoms. The number of carbonyl (C=O) groups is 1. The Labute approximate surface area is 175 Å². The zero-order chi connectivity index (χ0) is 20.9. The Bertz CT molecular complexity index is 1240. The fourth-order valence-electron chi connectivity index (χ4n) is 4.78. The molecule has 2 aliphatic heterocycles. The van der Waals surface area contributed by atoms with Crippen molar-refractivity contribution in [2.24, 2.45) is 0 Å². The lowest BCUT2D eigenvalue weighted by molar-refractivity contribution is -0.0957. The predicted octanol–water partition coefficient (Wildman–Crippen LogP) is 3.28. The van der Waals surface area contributed by atoms with Crippen molar-refractivity contribution >= 4 is 26.6 Å². The first-order chi connectivity index (χ1) is 14.4. The Morgan fingerprint density at radius 2 is 1.87 bits per heavy atom. The number of piperidine rings is 1. The summed E-state index contributed by atoms with van der Waals surface area (Å²) >= 11 is 0. The molecule has 1 saturated heterocycles. The number of aromatic amines is 1. The summed E-state index contributed by atoms with van der Waals surface area (Å²) in [6.07, 6.45) is 3.47. The van der Waals surface area contributed by atoms with Crippen LogP contribution in [-0.2, 0) is 26.6 Å². The maximum atomic E-state index is 13.0. The van der Waals surface area contributed by atoms with E-state index >= 15 is 0 Å². The Hall–Kier alpha value is -2.64. The van der Waals surface area contributed by atoms with Crippen LogP contribution in [0, 0.1) is 0 Å². The number of para-hydroxylation sites is 1. The molecule has 156 valence electrons. The molecular weight excluding hydrogens is 400 g/mol. The molecule has 3 heterocycles. The number of hydrogen-bond donors (Lipinski definition) is 1. The average Bonchev–Trinajstić information content (AvgIpc) is 3.14. The first-order valence-electron chi connectivity index (χ1n) is 10.2. The van der Waals surface area contributed by atoms with Crippen molar-refractivity contribution in [3.8, 4) is 0 Å². The molecule has 1 spiro atoms. The maximum Gasteiger partial charge on any atom is 0.253 e. The number of amides is 1. The van der Waals surface area contributed by atoms with E-state index in [0.29, 0.717) is 38.1 Å². The van der Waals surface area contributed by atoms with E-state index in [9.17, 15) is 13.2 Å². The number of likely N-dealkylation sites (tertiary alicyclic amines) is 1. The van der Waals surface area contributed by atoms with Crippen molar-refractivity contribution in [2.45, 2.75) is 29.8 Å². The monoisotopic (exact) mass is 424 g/mol. The van der Waals surface area contributed by atoms with Crippen LogP contribution in [0.15, 0.2) is 53.4 Å². The topological polar surface area (TPSA) is 79.5 Å². The van der Waals surface area contributed by atoms with Crippen LogP contribution >= 0.6 is 0 Å². The molecule has 1 aromatic heterocycles. The van der Waals surface area contributed by atoms with Crippen LogP contribution in [0.25, 0.3) is 10.9 Å². The van der Waals surface area contributed by atoms with Gasteiger partial charge < -0.3 is 14.6 Å². The molecule has 1 N–H and O–H groups in total. The van der Waals surface area contributed by atoms with Gasteiger partial charge in [0.15, 0.2) is 9.84 Å². The highest BCUT2D eigenvalue weighted by Crippen LogP contribution is 2.43. The smallest absolute Gasteiger partial charge is 0.253 e. The van der Waals surface area contributed by atoms with E-state index in [-0.39, 0.29) is 10.8 Å². The predicted molar refractivity (Wildman–Crippen MR) is 114 cm³/mol.